The van der Waals surface area contributed by atoms with Crippen LogP contribution < -0.4 is 15.0 Å². The second kappa shape index (κ2) is 4.61. The molecule has 1 heterocycles. The Kier molecular flexibility index (Phi) is 3.30. The lowest BCUT2D eigenvalue weighted by Gasteiger charge is -2.32. The molecule has 0 bridgehead atoms. The molecule has 1 atom stereocenters. The number of nitrogens with one attached hydrogen (secondary N) is 1. The quantitative estimate of drug-likeness (QED) is 0.867. The average Bonchev–Trinajstić information content (AvgIpc) is 2.39. The highest BCUT2D eigenvalue weighted by atomic mass is 16.5. The van der Waals surface area contributed by atoms with Gasteiger partial charge < -0.3 is 15.0 Å². The Balaban J connectivity index is 2.55. The number of fused-ring (bicyclic) bond motifs is 1. The lowest BCUT2D eigenvalue weighted by Crippen LogP contribution is -2.57. The van der Waals surface area contributed by atoms with Crippen LogP contribution in [-0.2, 0) is 4.79 Å². The van der Waals surface area contributed by atoms with E-state index in [9.17, 15) is 4.79 Å². The third-order valence-electron chi connectivity index (χ3n) is 3.34. The van der Waals surface area contributed by atoms with Crippen LogP contribution in [0, 0.1) is 0 Å². The van der Waals surface area contributed by atoms with E-state index in [0.717, 1.165) is 11.4 Å². The van der Waals surface area contributed by atoms with Crippen LogP contribution >= 0.6 is 0 Å². The van der Waals surface area contributed by atoms with Gasteiger partial charge in [-0.1, -0.05) is 12.1 Å². The van der Waals surface area contributed by atoms with E-state index < -0.39 is 5.60 Å². The van der Waals surface area contributed by atoms with Crippen molar-refractivity contribution in [1.82, 2.24) is 5.32 Å². The fraction of sp³-hybridized carbons (Fsp3) is 0.500. The fourth-order valence-corrected chi connectivity index (χ4v) is 2.48. The Morgan fingerprint density at radius 3 is 2.67 bits per heavy atom. The topological polar surface area (TPSA) is 41.6 Å². The minimum atomic E-state index is -0.578. The fourth-order valence-electron chi connectivity index (χ4n) is 2.48. The van der Waals surface area contributed by atoms with Crippen LogP contribution in [0.25, 0.3) is 0 Å². The standard InChI is InChI=1S/C14H20N2O2/c1-5-16-10-8-6-7-9-11(10)18-14(2,3)12(15-4)13(16)17/h6-9,12,15H,5H2,1-4H3. The molecule has 4 nitrogen and oxygen atoms in total. The SMILES string of the molecule is CCN1C(=O)C(NC)C(C)(C)Oc2ccccc21. The first-order valence-corrected chi connectivity index (χ1v) is 6.28. The number of carbonyl (C=O) groups excluding carboxylic acids is 1. The summed E-state index contributed by atoms with van der Waals surface area (Å²) in [5.74, 6) is 0.811. The number of likely N-dealkylation sites (N-methyl/N-ethyl adjacent to an activating group) is 2. The van der Waals surface area contributed by atoms with Gasteiger partial charge in [-0.2, -0.15) is 0 Å². The molecule has 0 fully saturated rings. The van der Waals surface area contributed by atoms with Crippen LogP contribution in [0.2, 0.25) is 0 Å². The van der Waals surface area contributed by atoms with Gasteiger partial charge in [0.05, 0.1) is 5.69 Å². The third-order valence-corrected chi connectivity index (χ3v) is 3.34. The average molecular weight is 248 g/mol. The van der Waals surface area contributed by atoms with Crippen molar-refractivity contribution in [3.63, 3.8) is 0 Å². The Morgan fingerprint density at radius 1 is 1.39 bits per heavy atom. The van der Waals surface area contributed by atoms with Crippen molar-refractivity contribution >= 4 is 11.6 Å². The van der Waals surface area contributed by atoms with E-state index in [1.807, 2.05) is 45.0 Å². The molecule has 1 N–H and O–H groups in total. The molecular formula is C14H20N2O2. The van der Waals surface area contributed by atoms with E-state index in [-0.39, 0.29) is 11.9 Å². The second-order valence-electron chi connectivity index (χ2n) is 4.98. The number of amides is 1. The number of anilines is 1. The maximum Gasteiger partial charge on any atom is 0.248 e. The molecular weight excluding hydrogens is 228 g/mol. The molecule has 0 saturated heterocycles. The molecule has 1 unspecified atom stereocenters. The molecule has 1 aliphatic heterocycles. The number of benzene rings is 1. The summed E-state index contributed by atoms with van der Waals surface area (Å²) < 4.78 is 6.03. The Morgan fingerprint density at radius 2 is 2.06 bits per heavy atom. The van der Waals surface area contributed by atoms with E-state index in [1.165, 1.54) is 0 Å². The van der Waals surface area contributed by atoms with E-state index >= 15 is 0 Å². The maximum absolute atomic E-state index is 12.6. The summed E-state index contributed by atoms with van der Waals surface area (Å²) in [4.78, 5) is 14.3. The molecule has 0 saturated carbocycles. The molecule has 18 heavy (non-hydrogen) atoms. The van der Waals surface area contributed by atoms with Crippen molar-refractivity contribution in [3.05, 3.63) is 24.3 Å². The van der Waals surface area contributed by atoms with Gasteiger partial charge in [0.2, 0.25) is 5.91 Å². The van der Waals surface area contributed by atoms with E-state index in [0.29, 0.717) is 6.54 Å². The second-order valence-corrected chi connectivity index (χ2v) is 4.98. The highest BCUT2D eigenvalue weighted by Crippen LogP contribution is 2.36. The van der Waals surface area contributed by atoms with Gasteiger partial charge in [-0.3, -0.25) is 4.79 Å². The van der Waals surface area contributed by atoms with E-state index in [2.05, 4.69) is 5.32 Å². The van der Waals surface area contributed by atoms with Gasteiger partial charge in [-0.25, -0.2) is 0 Å². The van der Waals surface area contributed by atoms with Crippen LogP contribution in [0.3, 0.4) is 0 Å². The molecule has 1 aromatic carbocycles. The summed E-state index contributed by atoms with van der Waals surface area (Å²) in [6.07, 6.45) is 0. The summed E-state index contributed by atoms with van der Waals surface area (Å²) in [5, 5.41) is 3.07. The summed E-state index contributed by atoms with van der Waals surface area (Å²) in [6.45, 7) is 6.47. The molecule has 98 valence electrons. The van der Waals surface area contributed by atoms with Crippen LogP contribution in [0.4, 0.5) is 5.69 Å². The number of carbonyl (C=O) groups is 1. The van der Waals surface area contributed by atoms with Crippen molar-refractivity contribution < 1.29 is 9.53 Å². The smallest absolute Gasteiger partial charge is 0.248 e. The van der Waals surface area contributed by atoms with Crippen LogP contribution in [0.15, 0.2) is 24.3 Å². The van der Waals surface area contributed by atoms with Gasteiger partial charge in [0, 0.05) is 6.54 Å². The third kappa shape index (κ3) is 1.97. The summed E-state index contributed by atoms with van der Waals surface area (Å²) >= 11 is 0. The van der Waals surface area contributed by atoms with Crippen molar-refractivity contribution in [3.8, 4) is 5.75 Å². The monoisotopic (exact) mass is 248 g/mol. The molecule has 0 radical (unpaired) electrons. The van der Waals surface area contributed by atoms with Crippen LogP contribution in [0.1, 0.15) is 20.8 Å². The zero-order chi connectivity index (χ0) is 13.3. The molecule has 4 heteroatoms. The molecule has 2 rings (SSSR count). The molecule has 0 aliphatic carbocycles. The van der Waals surface area contributed by atoms with Crippen molar-refractivity contribution in [2.75, 3.05) is 18.5 Å². The molecule has 1 amide bonds. The number of hydrogen-bond donors (Lipinski definition) is 1. The predicted octanol–water partition coefficient (Wildman–Crippen LogP) is 1.80. The summed E-state index contributed by atoms with van der Waals surface area (Å²) in [7, 11) is 1.79. The van der Waals surface area contributed by atoms with Crippen molar-refractivity contribution in [2.24, 2.45) is 0 Å². The molecule has 0 spiro atoms. The van der Waals surface area contributed by atoms with Gasteiger partial charge >= 0.3 is 0 Å². The lowest BCUT2D eigenvalue weighted by atomic mass is 9.97. The van der Waals surface area contributed by atoms with Gasteiger partial charge in [-0.05, 0) is 40.0 Å². The van der Waals surface area contributed by atoms with E-state index in [1.54, 1.807) is 11.9 Å². The van der Waals surface area contributed by atoms with Gasteiger partial charge in [0.25, 0.3) is 0 Å². The number of ether oxygens (including phenoxy) is 1. The van der Waals surface area contributed by atoms with Crippen LogP contribution in [0.5, 0.6) is 5.75 Å². The maximum atomic E-state index is 12.6. The predicted molar refractivity (Wildman–Crippen MR) is 72.0 cm³/mol. The summed E-state index contributed by atoms with van der Waals surface area (Å²) in [6, 6.07) is 7.32. The first-order chi connectivity index (χ1) is 8.51. The van der Waals surface area contributed by atoms with Gasteiger partial charge in [-0.15, -0.1) is 0 Å². The Hall–Kier alpha value is -1.55. The Labute approximate surface area is 108 Å². The van der Waals surface area contributed by atoms with Gasteiger partial charge in [0.15, 0.2) is 0 Å². The first kappa shape index (κ1) is 12.9. The largest absolute Gasteiger partial charge is 0.483 e. The normalized spacial score (nSPS) is 22.1. The lowest BCUT2D eigenvalue weighted by molar-refractivity contribution is -0.124. The number of hydrogen-bond acceptors (Lipinski definition) is 3. The highest BCUT2D eigenvalue weighted by Gasteiger charge is 2.42. The molecule has 1 aromatic rings. The van der Waals surface area contributed by atoms with Crippen molar-refractivity contribution in [2.45, 2.75) is 32.4 Å². The number of nitrogens with zero attached hydrogens (tertiary/aromatic N) is 1. The molecule has 1 aliphatic rings. The van der Waals surface area contributed by atoms with E-state index in [4.69, 9.17) is 4.74 Å². The van der Waals surface area contributed by atoms with Crippen molar-refractivity contribution in [1.29, 1.82) is 0 Å². The van der Waals surface area contributed by atoms with Crippen LogP contribution in [-0.4, -0.2) is 31.1 Å². The Bertz CT molecular complexity index is 457. The van der Waals surface area contributed by atoms with Gasteiger partial charge in [0.1, 0.15) is 17.4 Å². The highest BCUT2D eigenvalue weighted by molar-refractivity contribution is 6.00. The minimum absolute atomic E-state index is 0.0509. The minimum Gasteiger partial charge on any atom is -0.483 e. The summed E-state index contributed by atoms with van der Waals surface area (Å²) in [5.41, 5.74) is 0.266. The zero-order valence-electron chi connectivity index (χ0n) is 11.4. The number of rotatable bonds is 2. The zero-order valence-corrected chi connectivity index (χ0v) is 11.4. The first-order valence-electron chi connectivity index (χ1n) is 6.28. The number of para-hydroxylation sites is 2. The molecule has 0 aromatic heterocycles.